The molecule has 2 aromatic heterocycles. The van der Waals surface area contributed by atoms with Crippen molar-refractivity contribution in [3.63, 3.8) is 0 Å². The van der Waals surface area contributed by atoms with E-state index in [0.29, 0.717) is 34.6 Å². The van der Waals surface area contributed by atoms with Gasteiger partial charge in [-0.25, -0.2) is 9.97 Å². The summed E-state index contributed by atoms with van der Waals surface area (Å²) in [5.74, 6) is 0.213. The monoisotopic (exact) mass is 631 g/mol. The average Bonchev–Trinajstić information content (AvgIpc) is 3.42. The third kappa shape index (κ3) is 7.88. The Morgan fingerprint density at radius 1 is 0.915 bits per heavy atom. The molecule has 0 spiro atoms. The summed E-state index contributed by atoms with van der Waals surface area (Å²) in [6.07, 6.45) is 2.54. The van der Waals surface area contributed by atoms with Gasteiger partial charge in [-0.2, -0.15) is 0 Å². The van der Waals surface area contributed by atoms with Crippen LogP contribution in [0.25, 0.3) is 11.0 Å². The van der Waals surface area contributed by atoms with Crippen molar-refractivity contribution in [2.45, 2.75) is 33.2 Å². The van der Waals surface area contributed by atoms with E-state index in [2.05, 4.69) is 22.5 Å². The lowest BCUT2D eigenvalue weighted by molar-refractivity contribution is -0.142. The predicted octanol–water partition coefficient (Wildman–Crippen LogP) is 5.50. The van der Waals surface area contributed by atoms with Gasteiger partial charge in [0.15, 0.2) is 0 Å². The first-order chi connectivity index (χ1) is 22.8. The highest BCUT2D eigenvalue weighted by molar-refractivity contribution is 6.11. The molecule has 0 saturated heterocycles. The number of nitrogens with one attached hydrogen (secondary N) is 3. The van der Waals surface area contributed by atoms with Crippen LogP contribution in [0.2, 0.25) is 0 Å². The van der Waals surface area contributed by atoms with Crippen molar-refractivity contribution < 1.29 is 19.1 Å². The quantitative estimate of drug-likeness (QED) is 0.0938. The van der Waals surface area contributed by atoms with Gasteiger partial charge in [-0.15, -0.1) is 0 Å². The number of nitrogens with zero attached hydrogens (tertiary/aromatic N) is 4. The molecular formula is C36H37N7O4. The van der Waals surface area contributed by atoms with E-state index < -0.39 is 0 Å². The minimum atomic E-state index is -0.383. The second kappa shape index (κ2) is 15.0. The molecule has 0 radical (unpaired) electrons. The van der Waals surface area contributed by atoms with Gasteiger partial charge in [0, 0.05) is 42.2 Å². The first-order valence-corrected chi connectivity index (χ1v) is 15.4. The van der Waals surface area contributed by atoms with E-state index in [9.17, 15) is 14.4 Å². The van der Waals surface area contributed by atoms with Crippen LogP contribution in [-0.4, -0.2) is 51.3 Å². The number of fused-ring (bicyclic) bond motifs is 1. The molecule has 2 heterocycles. The maximum Gasteiger partial charge on any atom is 0.307 e. The Balaban J connectivity index is 1.24. The Kier molecular flexibility index (Phi) is 10.4. The topological polar surface area (TPSA) is 142 Å². The van der Waals surface area contributed by atoms with Gasteiger partial charge in [-0.1, -0.05) is 25.1 Å². The summed E-state index contributed by atoms with van der Waals surface area (Å²) >= 11 is 0. The van der Waals surface area contributed by atoms with Crippen LogP contribution in [0.1, 0.15) is 57.9 Å². The second-order valence-corrected chi connectivity index (χ2v) is 10.8. The first kappa shape index (κ1) is 32.6. The smallest absolute Gasteiger partial charge is 0.307 e. The summed E-state index contributed by atoms with van der Waals surface area (Å²) in [5, 5.41) is 14.4. The zero-order chi connectivity index (χ0) is 33.3. The molecule has 47 heavy (non-hydrogen) atoms. The number of hydrogen-bond acceptors (Lipinski definition) is 8. The van der Waals surface area contributed by atoms with Gasteiger partial charge >= 0.3 is 5.97 Å². The second-order valence-electron chi connectivity index (χ2n) is 10.8. The van der Waals surface area contributed by atoms with Crippen LogP contribution in [0.3, 0.4) is 0 Å². The van der Waals surface area contributed by atoms with E-state index >= 15 is 0 Å². The maximum absolute atomic E-state index is 13.6. The van der Waals surface area contributed by atoms with Crippen molar-refractivity contribution in [1.82, 2.24) is 19.9 Å². The summed E-state index contributed by atoms with van der Waals surface area (Å²) < 4.78 is 7.01. The van der Waals surface area contributed by atoms with Gasteiger partial charge in [0.1, 0.15) is 17.5 Å². The molecule has 0 unspecified atom stereocenters. The third-order valence-electron chi connectivity index (χ3n) is 7.72. The molecule has 0 aliphatic rings. The van der Waals surface area contributed by atoms with Crippen molar-refractivity contribution in [1.29, 1.82) is 5.41 Å². The molecule has 0 saturated carbocycles. The standard InChI is InChI=1S/C36H37N7O4/c1-4-24-9-11-26(12-10-24)35(45)41-34(37)25-13-16-28(17-14-25)39-23-32-40-29-22-27(15-18-30(29)42(32)3)36(46)43(21-19-33(44)47-5-2)31-8-6-7-20-38-31/h6-18,20,22,39H,4-5,19,21,23H2,1-3H3,(H2,37,41,45). The van der Waals surface area contributed by atoms with Crippen LogP contribution in [-0.2, 0) is 29.5 Å². The van der Waals surface area contributed by atoms with Gasteiger partial charge in [-0.3, -0.25) is 24.7 Å². The number of rotatable bonds is 12. The summed E-state index contributed by atoms with van der Waals surface area (Å²) in [6, 6.07) is 25.2. The van der Waals surface area contributed by atoms with E-state index in [4.69, 9.17) is 15.1 Å². The zero-order valence-electron chi connectivity index (χ0n) is 26.6. The minimum absolute atomic E-state index is 0.0179. The van der Waals surface area contributed by atoms with Crippen LogP contribution in [0, 0.1) is 5.41 Å². The largest absolute Gasteiger partial charge is 0.466 e. The normalized spacial score (nSPS) is 10.8. The van der Waals surface area contributed by atoms with E-state index in [1.165, 1.54) is 4.90 Å². The average molecular weight is 632 g/mol. The number of pyridine rings is 1. The highest BCUT2D eigenvalue weighted by Crippen LogP contribution is 2.21. The SMILES string of the molecule is CCOC(=O)CCN(C(=O)c1ccc2c(c1)nc(CNc1ccc(C(=N)NC(=O)c3ccc(CC)cc3)cc1)n2C)c1ccccn1. The summed E-state index contributed by atoms with van der Waals surface area (Å²) in [4.78, 5) is 48.8. The molecule has 0 aliphatic carbocycles. The minimum Gasteiger partial charge on any atom is -0.466 e. The fraction of sp³-hybridized carbons (Fsp3) is 0.222. The van der Waals surface area contributed by atoms with Gasteiger partial charge in [-0.05, 0) is 85.6 Å². The third-order valence-corrected chi connectivity index (χ3v) is 7.72. The molecule has 0 fully saturated rings. The Hall–Kier alpha value is -5.84. The number of carbonyl (C=O) groups excluding carboxylic acids is 3. The molecule has 2 amide bonds. The Morgan fingerprint density at radius 3 is 2.32 bits per heavy atom. The molecule has 11 heteroatoms. The summed E-state index contributed by atoms with van der Waals surface area (Å²) in [6.45, 7) is 4.61. The van der Waals surface area contributed by atoms with E-state index in [1.807, 2.05) is 41.9 Å². The Bertz CT molecular complexity index is 1890. The summed E-state index contributed by atoms with van der Waals surface area (Å²) in [7, 11) is 1.91. The van der Waals surface area contributed by atoms with E-state index in [-0.39, 0.29) is 43.2 Å². The van der Waals surface area contributed by atoms with Crippen molar-refractivity contribution >= 4 is 46.2 Å². The molecule has 0 aliphatic heterocycles. The molecule has 11 nitrogen and oxygen atoms in total. The predicted molar refractivity (Wildman–Crippen MR) is 182 cm³/mol. The Morgan fingerprint density at radius 2 is 1.64 bits per heavy atom. The van der Waals surface area contributed by atoms with Gasteiger partial charge in [0.05, 0.1) is 30.6 Å². The fourth-order valence-corrected chi connectivity index (χ4v) is 5.05. The molecular weight excluding hydrogens is 594 g/mol. The van der Waals surface area contributed by atoms with Crippen LogP contribution < -0.4 is 15.5 Å². The van der Waals surface area contributed by atoms with Crippen molar-refractivity contribution in [2.24, 2.45) is 7.05 Å². The number of esters is 1. The molecule has 0 bridgehead atoms. The lowest BCUT2D eigenvalue weighted by Crippen LogP contribution is -2.34. The molecule has 0 atom stereocenters. The van der Waals surface area contributed by atoms with Gasteiger partial charge in [0.2, 0.25) is 0 Å². The molecule has 240 valence electrons. The number of carbonyl (C=O) groups is 3. The number of aromatic nitrogens is 3. The van der Waals surface area contributed by atoms with Gasteiger partial charge < -0.3 is 19.9 Å². The lowest BCUT2D eigenvalue weighted by Gasteiger charge is -2.21. The fourth-order valence-electron chi connectivity index (χ4n) is 5.05. The number of ether oxygens (including phenoxy) is 1. The number of aryl methyl sites for hydroxylation is 2. The van der Waals surface area contributed by atoms with E-state index in [1.54, 1.807) is 67.7 Å². The first-order valence-electron chi connectivity index (χ1n) is 15.4. The number of benzene rings is 3. The maximum atomic E-state index is 13.6. The highest BCUT2D eigenvalue weighted by atomic mass is 16.5. The highest BCUT2D eigenvalue weighted by Gasteiger charge is 2.21. The van der Waals surface area contributed by atoms with Crippen molar-refractivity contribution in [3.8, 4) is 0 Å². The van der Waals surface area contributed by atoms with Crippen LogP contribution in [0.15, 0.2) is 91.1 Å². The Labute approximate surface area is 273 Å². The molecule has 5 aromatic rings. The van der Waals surface area contributed by atoms with Crippen molar-refractivity contribution in [3.05, 3.63) is 119 Å². The number of amides is 2. The summed E-state index contributed by atoms with van der Waals surface area (Å²) in [5.41, 5.74) is 4.99. The van der Waals surface area contributed by atoms with Crippen LogP contribution in [0.4, 0.5) is 11.5 Å². The number of hydrogen-bond donors (Lipinski definition) is 3. The van der Waals surface area contributed by atoms with Gasteiger partial charge in [0.25, 0.3) is 11.8 Å². The number of imidazole rings is 1. The van der Waals surface area contributed by atoms with E-state index in [0.717, 1.165) is 29.0 Å². The number of anilines is 2. The number of amidine groups is 1. The van der Waals surface area contributed by atoms with Crippen molar-refractivity contribution in [2.75, 3.05) is 23.4 Å². The lowest BCUT2D eigenvalue weighted by atomic mass is 10.1. The van der Waals surface area contributed by atoms with Crippen LogP contribution in [0.5, 0.6) is 0 Å². The zero-order valence-corrected chi connectivity index (χ0v) is 26.6. The molecule has 3 aromatic carbocycles. The molecule has 5 rings (SSSR count). The van der Waals surface area contributed by atoms with Crippen LogP contribution >= 0.6 is 0 Å². The molecule has 3 N–H and O–H groups in total.